The van der Waals surface area contributed by atoms with Crippen LogP contribution in [0.25, 0.3) is 11.1 Å². The van der Waals surface area contributed by atoms with Crippen LogP contribution in [0.2, 0.25) is 10.0 Å². The zero-order valence-electron chi connectivity index (χ0n) is 19.5. The molecule has 2 N–H and O–H groups in total. The van der Waals surface area contributed by atoms with Gasteiger partial charge in [-0.2, -0.15) is 0 Å². The number of benzene rings is 3. The number of carboxylic acids is 1. The lowest BCUT2D eigenvalue weighted by atomic mass is 9.85. The number of hydrogen-bond acceptors (Lipinski definition) is 4. The number of rotatable bonds is 7. The van der Waals surface area contributed by atoms with Crippen molar-refractivity contribution in [1.29, 1.82) is 0 Å². The van der Waals surface area contributed by atoms with Gasteiger partial charge in [0.1, 0.15) is 5.82 Å². The van der Waals surface area contributed by atoms with Crippen LogP contribution in [0.5, 0.6) is 0 Å². The van der Waals surface area contributed by atoms with Crippen LogP contribution in [0.1, 0.15) is 39.4 Å². The van der Waals surface area contributed by atoms with Crippen LogP contribution >= 0.6 is 23.2 Å². The maximum Gasteiger partial charge on any atom is 0.338 e. The average Bonchev–Trinajstić information content (AvgIpc) is 2.87. The van der Waals surface area contributed by atoms with Gasteiger partial charge in [-0.1, -0.05) is 64.8 Å². The summed E-state index contributed by atoms with van der Waals surface area (Å²) in [6, 6.07) is 19.4. The second-order valence-electron chi connectivity index (χ2n) is 8.46. The van der Waals surface area contributed by atoms with Crippen LogP contribution in [-0.2, 0) is 7.05 Å². The molecule has 0 aliphatic carbocycles. The minimum atomic E-state index is -1.33. The summed E-state index contributed by atoms with van der Waals surface area (Å²) in [4.78, 5) is 22.9. The fourth-order valence-electron chi connectivity index (χ4n) is 4.14. The first-order valence-electron chi connectivity index (χ1n) is 11.1. The highest BCUT2D eigenvalue weighted by Crippen LogP contribution is 2.36. The summed E-state index contributed by atoms with van der Waals surface area (Å²) >= 11 is 12.7. The Kier molecular flexibility index (Phi) is 7.76. The van der Waals surface area contributed by atoms with E-state index in [1.807, 2.05) is 12.1 Å². The smallest absolute Gasteiger partial charge is 0.338 e. The number of carboxylic acid groups (broad SMARTS) is 1. The van der Waals surface area contributed by atoms with Gasteiger partial charge in [0.25, 0.3) is 0 Å². The second kappa shape index (κ2) is 11.0. The first-order chi connectivity index (χ1) is 17.7. The Labute approximate surface area is 221 Å². The van der Waals surface area contributed by atoms with E-state index in [0.717, 1.165) is 11.1 Å². The Morgan fingerprint density at radius 2 is 1.70 bits per heavy atom. The van der Waals surface area contributed by atoms with Crippen molar-refractivity contribution >= 4 is 34.9 Å². The number of nitrogens with zero attached hydrogens (tertiary/aromatic N) is 2. The van der Waals surface area contributed by atoms with Crippen molar-refractivity contribution in [2.75, 3.05) is 0 Å². The van der Waals surface area contributed by atoms with Crippen molar-refractivity contribution in [2.24, 2.45) is 12.2 Å². The number of aromatic nitrogens is 1. The zero-order chi connectivity index (χ0) is 26.7. The SMILES string of the molecule is Cn1cc(C(CC(c2ccc(-c3ccc(C(=O)O)c(F)c3)cc2)c2ccc(Cl)cc2Cl)=NO)ccc1=O. The maximum absolute atomic E-state index is 14.2. The first-order valence-corrected chi connectivity index (χ1v) is 11.9. The van der Waals surface area contributed by atoms with Crippen molar-refractivity contribution in [3.63, 3.8) is 0 Å². The molecule has 4 aromatic rings. The predicted molar refractivity (Wildman–Crippen MR) is 142 cm³/mol. The Balaban J connectivity index is 1.74. The minimum Gasteiger partial charge on any atom is -0.478 e. The van der Waals surface area contributed by atoms with E-state index in [2.05, 4.69) is 5.16 Å². The lowest BCUT2D eigenvalue weighted by Crippen LogP contribution is -2.18. The Morgan fingerprint density at radius 1 is 1.00 bits per heavy atom. The van der Waals surface area contributed by atoms with Crippen LogP contribution in [0.15, 0.2) is 88.9 Å². The lowest BCUT2D eigenvalue weighted by molar-refractivity contribution is 0.0692. The summed E-state index contributed by atoms with van der Waals surface area (Å²) < 4.78 is 15.6. The minimum absolute atomic E-state index is 0.193. The maximum atomic E-state index is 14.2. The van der Waals surface area contributed by atoms with E-state index in [1.165, 1.54) is 22.8 Å². The molecule has 0 bridgehead atoms. The molecule has 3 aromatic carbocycles. The van der Waals surface area contributed by atoms with Crippen molar-refractivity contribution in [3.8, 4) is 11.1 Å². The van der Waals surface area contributed by atoms with E-state index >= 15 is 0 Å². The zero-order valence-corrected chi connectivity index (χ0v) is 21.0. The summed E-state index contributed by atoms with van der Waals surface area (Å²) in [6.45, 7) is 0. The molecule has 0 fully saturated rings. The molecule has 0 saturated heterocycles. The number of pyridine rings is 1. The summed E-state index contributed by atoms with van der Waals surface area (Å²) in [6.07, 6.45) is 1.84. The first kappa shape index (κ1) is 26.1. The molecule has 0 radical (unpaired) electrons. The monoisotopic (exact) mass is 538 g/mol. The highest BCUT2D eigenvalue weighted by atomic mass is 35.5. The van der Waals surface area contributed by atoms with Gasteiger partial charge in [-0.15, -0.1) is 0 Å². The van der Waals surface area contributed by atoms with E-state index in [-0.39, 0.29) is 17.9 Å². The van der Waals surface area contributed by atoms with Gasteiger partial charge in [0, 0.05) is 47.3 Å². The normalized spacial score (nSPS) is 12.4. The fourth-order valence-corrected chi connectivity index (χ4v) is 4.68. The molecule has 37 heavy (non-hydrogen) atoms. The molecule has 1 unspecified atom stereocenters. The summed E-state index contributed by atoms with van der Waals surface area (Å²) in [5.41, 5.74) is 3.14. The van der Waals surface area contributed by atoms with E-state index in [4.69, 9.17) is 28.3 Å². The standard InChI is InChI=1S/C28H21Cl2FN2O4/c1-33-15-19(7-11-27(33)34)26(32-37)14-23(21-10-8-20(29)13-24(21)30)17-4-2-16(3-5-17)18-6-9-22(28(35)36)25(31)12-18/h2-13,15,23,37H,14H2,1H3,(H,35,36). The Morgan fingerprint density at radius 3 is 2.30 bits per heavy atom. The number of oxime groups is 1. The third-order valence-electron chi connectivity index (χ3n) is 6.12. The molecule has 0 aliphatic rings. The lowest BCUT2D eigenvalue weighted by Gasteiger charge is -2.21. The summed E-state index contributed by atoms with van der Waals surface area (Å²) in [5.74, 6) is -2.50. The third-order valence-corrected chi connectivity index (χ3v) is 6.68. The van der Waals surface area contributed by atoms with Gasteiger partial charge in [0.15, 0.2) is 0 Å². The molecule has 4 rings (SSSR count). The molecule has 0 aliphatic heterocycles. The number of aryl methyl sites for hydroxylation is 1. The Bertz CT molecular complexity index is 1570. The molecular weight excluding hydrogens is 518 g/mol. The number of aromatic carboxylic acids is 1. The number of carbonyl (C=O) groups is 1. The van der Waals surface area contributed by atoms with E-state index in [1.54, 1.807) is 55.7 Å². The van der Waals surface area contributed by atoms with Crippen molar-refractivity contribution in [2.45, 2.75) is 12.3 Å². The largest absolute Gasteiger partial charge is 0.478 e. The highest BCUT2D eigenvalue weighted by Gasteiger charge is 2.22. The van der Waals surface area contributed by atoms with Gasteiger partial charge in [0.2, 0.25) is 5.56 Å². The van der Waals surface area contributed by atoms with Gasteiger partial charge < -0.3 is 14.9 Å². The third kappa shape index (κ3) is 5.74. The predicted octanol–water partition coefficient (Wildman–Crippen LogP) is 6.60. The molecular formula is C28H21Cl2FN2O4. The van der Waals surface area contributed by atoms with E-state index in [9.17, 15) is 19.2 Å². The van der Waals surface area contributed by atoms with Crippen LogP contribution in [0, 0.1) is 5.82 Å². The summed E-state index contributed by atoms with van der Waals surface area (Å²) in [7, 11) is 1.61. The molecule has 188 valence electrons. The van der Waals surface area contributed by atoms with Gasteiger partial charge in [-0.25, -0.2) is 9.18 Å². The molecule has 6 nitrogen and oxygen atoms in total. The molecule has 1 aromatic heterocycles. The quantitative estimate of drug-likeness (QED) is 0.157. The molecule has 0 saturated carbocycles. The van der Waals surface area contributed by atoms with Crippen molar-refractivity contribution in [3.05, 3.63) is 127 Å². The molecule has 9 heteroatoms. The number of hydrogen-bond donors (Lipinski definition) is 2. The van der Waals surface area contributed by atoms with Gasteiger partial charge in [0.05, 0.1) is 11.3 Å². The van der Waals surface area contributed by atoms with E-state index < -0.39 is 17.3 Å². The van der Waals surface area contributed by atoms with Gasteiger partial charge >= 0.3 is 5.97 Å². The topological polar surface area (TPSA) is 91.9 Å². The second-order valence-corrected chi connectivity index (χ2v) is 9.30. The Hall–Kier alpha value is -3.94. The molecule has 1 atom stereocenters. The van der Waals surface area contributed by atoms with Crippen LogP contribution in [-0.4, -0.2) is 26.6 Å². The summed E-state index contributed by atoms with van der Waals surface area (Å²) in [5, 5.41) is 23.3. The highest BCUT2D eigenvalue weighted by molar-refractivity contribution is 6.35. The molecule has 1 heterocycles. The van der Waals surface area contributed by atoms with Gasteiger partial charge in [-0.05, 0) is 52.6 Å². The fraction of sp³-hybridized carbons (Fsp3) is 0.107. The van der Waals surface area contributed by atoms with E-state index in [0.29, 0.717) is 32.4 Å². The number of halogens is 3. The molecule has 0 spiro atoms. The van der Waals surface area contributed by atoms with Crippen molar-refractivity contribution < 1.29 is 19.5 Å². The van der Waals surface area contributed by atoms with Gasteiger partial charge in [-0.3, -0.25) is 4.79 Å². The molecule has 0 amide bonds. The average molecular weight is 539 g/mol. The van der Waals surface area contributed by atoms with Crippen molar-refractivity contribution in [1.82, 2.24) is 4.57 Å². The van der Waals surface area contributed by atoms with Crippen LogP contribution < -0.4 is 5.56 Å². The van der Waals surface area contributed by atoms with Crippen LogP contribution in [0.4, 0.5) is 4.39 Å². The van der Waals surface area contributed by atoms with Crippen LogP contribution in [0.3, 0.4) is 0 Å².